The summed E-state index contributed by atoms with van der Waals surface area (Å²) >= 11 is 0. The molecule has 1 aliphatic heterocycles. The highest BCUT2D eigenvalue weighted by Gasteiger charge is 2.40. The predicted octanol–water partition coefficient (Wildman–Crippen LogP) is 2.02. The fourth-order valence-corrected chi connectivity index (χ4v) is 6.14. The minimum atomic E-state index is -5.08. The Bertz CT molecular complexity index is 2010. The quantitative estimate of drug-likeness (QED) is 0.0925. The smallest absolute Gasteiger partial charge is 0.490 e. The number of rotatable bonds is 14. The zero-order valence-corrected chi connectivity index (χ0v) is 29.8. The first-order valence-electron chi connectivity index (χ1n) is 17.4. The van der Waals surface area contributed by atoms with Crippen molar-refractivity contribution in [1.82, 2.24) is 25.8 Å². The Morgan fingerprint density at radius 1 is 0.804 bits per heavy atom. The molecule has 0 saturated carbocycles. The Labute approximate surface area is 318 Å². The topological polar surface area (TPSA) is 244 Å². The van der Waals surface area contributed by atoms with Crippen LogP contribution in [0.4, 0.5) is 13.2 Å². The van der Waals surface area contributed by atoms with E-state index in [4.69, 9.17) is 15.6 Å². The molecule has 1 saturated heterocycles. The van der Waals surface area contributed by atoms with Gasteiger partial charge in [0.25, 0.3) is 0 Å². The minimum Gasteiger partial charge on any atom is -0.508 e. The van der Waals surface area contributed by atoms with Crippen LogP contribution in [0.2, 0.25) is 0 Å². The van der Waals surface area contributed by atoms with Crippen molar-refractivity contribution in [2.45, 2.75) is 62.4 Å². The number of phenolic OH excluding ortho intramolecular Hbond substituents is 1. The van der Waals surface area contributed by atoms with Crippen LogP contribution in [-0.4, -0.2) is 104 Å². The van der Waals surface area contributed by atoms with E-state index in [-0.39, 0.29) is 38.1 Å². The molecule has 0 unspecified atom stereocenters. The summed E-state index contributed by atoms with van der Waals surface area (Å²) in [4.78, 5) is 79.6. The van der Waals surface area contributed by atoms with E-state index in [1.54, 1.807) is 42.6 Å². The van der Waals surface area contributed by atoms with Gasteiger partial charge in [-0.1, -0.05) is 60.7 Å². The average Bonchev–Trinajstić information content (AvgIpc) is 3.83. The molecule has 18 heteroatoms. The molecule has 1 aromatic heterocycles. The molecule has 15 nitrogen and oxygen atoms in total. The molecule has 3 aromatic carbocycles. The van der Waals surface area contributed by atoms with Crippen molar-refractivity contribution in [3.05, 3.63) is 102 Å². The van der Waals surface area contributed by atoms with Gasteiger partial charge in [-0.15, -0.1) is 0 Å². The van der Waals surface area contributed by atoms with E-state index in [1.165, 1.54) is 17.0 Å². The Morgan fingerprint density at radius 2 is 1.41 bits per heavy atom. The second-order valence-corrected chi connectivity index (χ2v) is 12.9. The number of aliphatic carboxylic acids is 2. The Hall–Kier alpha value is -6.43. The van der Waals surface area contributed by atoms with Gasteiger partial charge in [-0.25, -0.2) is 9.59 Å². The molecule has 2 heterocycles. The number of aromatic hydroxyl groups is 1. The number of carbonyl (C=O) groups is 6. The second-order valence-electron chi connectivity index (χ2n) is 12.9. The number of hydrogen-bond acceptors (Lipinski definition) is 8. The van der Waals surface area contributed by atoms with Crippen LogP contribution in [0.3, 0.4) is 0 Å². The van der Waals surface area contributed by atoms with Gasteiger partial charge in [0.1, 0.15) is 29.9 Å². The molecule has 4 aromatic rings. The van der Waals surface area contributed by atoms with Crippen molar-refractivity contribution in [2.24, 2.45) is 5.73 Å². The average molecular weight is 783 g/mol. The molecule has 56 heavy (non-hydrogen) atoms. The molecule has 0 bridgehead atoms. The van der Waals surface area contributed by atoms with Crippen molar-refractivity contribution in [3.63, 3.8) is 0 Å². The Balaban J connectivity index is 0.000000908. The number of halogens is 3. The molecule has 0 aliphatic carbocycles. The normalized spacial score (nSPS) is 15.4. The van der Waals surface area contributed by atoms with Gasteiger partial charge in [-0.2, -0.15) is 13.2 Å². The van der Waals surface area contributed by atoms with Gasteiger partial charge < -0.3 is 46.9 Å². The van der Waals surface area contributed by atoms with Crippen molar-refractivity contribution in [1.29, 1.82) is 0 Å². The van der Waals surface area contributed by atoms with Gasteiger partial charge in [0.05, 0.1) is 6.54 Å². The van der Waals surface area contributed by atoms with Gasteiger partial charge in [0, 0.05) is 42.9 Å². The molecule has 9 N–H and O–H groups in total. The number of carboxylic acids is 2. The Morgan fingerprint density at radius 3 is 2.04 bits per heavy atom. The van der Waals surface area contributed by atoms with E-state index >= 15 is 0 Å². The summed E-state index contributed by atoms with van der Waals surface area (Å²) in [6.45, 7) is -0.0888. The first kappa shape index (κ1) is 42.3. The lowest BCUT2D eigenvalue weighted by Gasteiger charge is -2.30. The summed E-state index contributed by atoms with van der Waals surface area (Å²) in [7, 11) is 0. The number of aromatic amines is 1. The summed E-state index contributed by atoms with van der Waals surface area (Å²) in [5.41, 5.74) is 8.49. The number of H-pyrrole nitrogens is 1. The SMILES string of the molecule is NCC(=O)N[C@H](Cc1ccc(O)cc1)C(=O)N1CCC[C@H]1C(=O)N[C@H](Cc1c[nH]c2ccccc12)C(=O)N[C@@H](Cc1ccccc1)C(=O)O.O=C(O)C(F)(F)F. The van der Waals surface area contributed by atoms with Crippen LogP contribution in [-0.2, 0) is 48.0 Å². The zero-order valence-electron chi connectivity index (χ0n) is 29.8. The standard InChI is InChI=1S/C36H40N6O7.C2HF3O2/c37-20-32(44)39-29(17-23-12-14-25(43)15-13-23)35(47)42-16-6-11-31(42)34(46)40-28(19-24-21-38-27-10-5-4-9-26(24)27)33(45)41-30(36(48)49)18-22-7-2-1-3-8-22;3-2(4,5)1(6)7/h1-5,7-10,12-15,21,28-31,38,43H,6,11,16-20,37H2,(H,39,44)(H,40,46)(H,41,45)(H,48,49);(H,6,7)/t28-,29-,30+,31+;/m1./s1. The largest absolute Gasteiger partial charge is 0.508 e. The predicted molar refractivity (Wildman–Crippen MR) is 195 cm³/mol. The van der Waals surface area contributed by atoms with Crippen LogP contribution in [0, 0.1) is 0 Å². The number of benzene rings is 3. The lowest BCUT2D eigenvalue weighted by atomic mass is 10.0. The first-order chi connectivity index (χ1) is 26.6. The van der Waals surface area contributed by atoms with Crippen LogP contribution in [0.5, 0.6) is 5.75 Å². The fraction of sp³-hybridized carbons (Fsp3) is 0.316. The summed E-state index contributed by atoms with van der Waals surface area (Å²) < 4.78 is 31.7. The van der Waals surface area contributed by atoms with Crippen molar-refractivity contribution in [3.8, 4) is 5.75 Å². The number of alkyl halides is 3. The maximum Gasteiger partial charge on any atom is 0.490 e. The molecule has 1 aliphatic rings. The molecule has 5 rings (SSSR count). The number of nitrogens with one attached hydrogen (secondary N) is 4. The van der Waals surface area contributed by atoms with E-state index in [1.807, 2.05) is 30.3 Å². The highest BCUT2D eigenvalue weighted by atomic mass is 19.4. The maximum atomic E-state index is 13.9. The number of aromatic nitrogens is 1. The van der Waals surface area contributed by atoms with Crippen LogP contribution >= 0.6 is 0 Å². The lowest BCUT2D eigenvalue weighted by molar-refractivity contribution is -0.192. The zero-order chi connectivity index (χ0) is 41.0. The number of carboxylic acid groups (broad SMARTS) is 2. The van der Waals surface area contributed by atoms with E-state index in [9.17, 15) is 47.4 Å². The van der Waals surface area contributed by atoms with Crippen molar-refractivity contribution < 1.29 is 57.3 Å². The molecule has 0 spiro atoms. The minimum absolute atomic E-state index is 0.0392. The Kier molecular flexibility index (Phi) is 14.5. The van der Waals surface area contributed by atoms with Gasteiger partial charge >= 0.3 is 18.1 Å². The van der Waals surface area contributed by atoms with E-state index < -0.39 is 65.9 Å². The molecular weight excluding hydrogens is 741 g/mol. The molecule has 1 fully saturated rings. The van der Waals surface area contributed by atoms with Crippen LogP contribution < -0.4 is 21.7 Å². The van der Waals surface area contributed by atoms with E-state index in [2.05, 4.69) is 20.9 Å². The fourth-order valence-electron chi connectivity index (χ4n) is 6.14. The number of amides is 4. The number of nitrogens with zero attached hydrogens (tertiary/aromatic N) is 1. The number of fused-ring (bicyclic) bond motifs is 1. The van der Waals surface area contributed by atoms with Gasteiger partial charge in [0.2, 0.25) is 23.6 Å². The lowest BCUT2D eigenvalue weighted by Crippen LogP contribution is -2.58. The number of hydrogen-bond donors (Lipinski definition) is 8. The van der Waals surface area contributed by atoms with E-state index in [0.29, 0.717) is 18.4 Å². The highest BCUT2D eigenvalue weighted by molar-refractivity contribution is 5.96. The molecule has 298 valence electrons. The first-order valence-corrected chi connectivity index (χ1v) is 17.4. The van der Waals surface area contributed by atoms with Crippen LogP contribution in [0.15, 0.2) is 85.1 Å². The molecule has 4 atom stereocenters. The second kappa shape index (κ2) is 19.2. The highest BCUT2D eigenvalue weighted by Crippen LogP contribution is 2.23. The number of para-hydroxylation sites is 1. The summed E-state index contributed by atoms with van der Waals surface area (Å²) in [5.74, 6) is -6.22. The third-order valence-electron chi connectivity index (χ3n) is 8.91. The number of nitrogens with two attached hydrogens (primary N) is 1. The molecular formula is C38H41F3N6O9. The number of phenols is 1. The van der Waals surface area contributed by atoms with Crippen molar-refractivity contribution >= 4 is 46.5 Å². The summed E-state index contributed by atoms with van der Waals surface area (Å²) in [6.07, 6.45) is -2.32. The summed E-state index contributed by atoms with van der Waals surface area (Å²) in [6, 6.07) is 18.2. The van der Waals surface area contributed by atoms with Crippen LogP contribution in [0.25, 0.3) is 10.9 Å². The molecule has 4 amide bonds. The summed E-state index contributed by atoms with van der Waals surface area (Å²) in [5, 5.41) is 35.7. The monoisotopic (exact) mass is 782 g/mol. The van der Waals surface area contributed by atoms with Gasteiger partial charge in [-0.3, -0.25) is 19.2 Å². The van der Waals surface area contributed by atoms with Gasteiger partial charge in [-0.05, 0) is 47.7 Å². The van der Waals surface area contributed by atoms with Gasteiger partial charge in [0.15, 0.2) is 0 Å². The maximum absolute atomic E-state index is 13.9. The number of likely N-dealkylation sites (tertiary alicyclic amines) is 1. The molecule has 0 radical (unpaired) electrons. The van der Waals surface area contributed by atoms with Crippen molar-refractivity contribution in [2.75, 3.05) is 13.1 Å². The van der Waals surface area contributed by atoms with Crippen LogP contribution in [0.1, 0.15) is 29.5 Å². The third kappa shape index (κ3) is 11.8. The third-order valence-corrected chi connectivity index (χ3v) is 8.91. The van der Waals surface area contributed by atoms with E-state index in [0.717, 1.165) is 22.0 Å². The number of carbonyl (C=O) groups excluding carboxylic acids is 4.